The number of nitro benzene ring substituents is 1. The number of carbonyl (C=O) groups excluding carboxylic acids is 1. The third-order valence-electron chi connectivity index (χ3n) is 3.24. The molecule has 0 unspecified atom stereocenters. The zero-order chi connectivity index (χ0) is 18.4. The Morgan fingerprint density at radius 2 is 1.92 bits per heavy atom. The highest BCUT2D eigenvalue weighted by atomic mass is 16.6. The number of hydrogen-bond donors (Lipinski definition) is 2. The lowest BCUT2D eigenvalue weighted by atomic mass is 10.1. The predicted octanol–water partition coefficient (Wildman–Crippen LogP) is 2.08. The molecule has 2 aromatic rings. The normalized spacial score (nSPS) is 10.5. The van der Waals surface area contributed by atoms with E-state index in [0.29, 0.717) is 5.75 Å². The molecule has 0 bridgehead atoms. The lowest BCUT2D eigenvalue weighted by Gasteiger charge is -2.07. The van der Waals surface area contributed by atoms with Crippen molar-refractivity contribution in [1.29, 1.82) is 0 Å². The molecule has 1 amide bonds. The third-order valence-corrected chi connectivity index (χ3v) is 3.24. The van der Waals surface area contributed by atoms with Crippen LogP contribution in [-0.4, -0.2) is 36.4 Å². The van der Waals surface area contributed by atoms with E-state index < -0.39 is 10.8 Å². The second-order valence-electron chi connectivity index (χ2n) is 4.74. The van der Waals surface area contributed by atoms with Crippen molar-refractivity contribution in [3.63, 3.8) is 0 Å². The lowest BCUT2D eigenvalue weighted by molar-refractivity contribution is -0.385. The number of phenolic OH excluding ortho intramolecular Hbond substituents is 1. The van der Waals surface area contributed by atoms with Gasteiger partial charge in [-0.2, -0.15) is 5.10 Å². The first-order chi connectivity index (χ1) is 12.0. The molecular formula is C16H15N3O6. The van der Waals surface area contributed by atoms with Crippen LogP contribution in [0.15, 0.2) is 41.5 Å². The van der Waals surface area contributed by atoms with Gasteiger partial charge < -0.3 is 14.6 Å². The molecule has 0 aliphatic heterocycles. The minimum absolute atomic E-state index is 0.0198. The zero-order valence-corrected chi connectivity index (χ0v) is 13.4. The highest BCUT2D eigenvalue weighted by Crippen LogP contribution is 2.33. The largest absolute Gasteiger partial charge is 0.504 e. The SMILES string of the molecule is COc1ccccc1C(=O)N/N=C\c1cc([N+](=O)[O-])cc(OC)c1O. The Labute approximate surface area is 142 Å². The van der Waals surface area contributed by atoms with E-state index in [1.807, 2.05) is 0 Å². The number of amides is 1. The van der Waals surface area contributed by atoms with E-state index >= 15 is 0 Å². The van der Waals surface area contributed by atoms with Gasteiger partial charge in [0.15, 0.2) is 11.5 Å². The van der Waals surface area contributed by atoms with E-state index in [0.717, 1.165) is 18.3 Å². The molecule has 0 aliphatic rings. The van der Waals surface area contributed by atoms with Crippen LogP contribution in [0.4, 0.5) is 5.69 Å². The van der Waals surface area contributed by atoms with Gasteiger partial charge in [-0.05, 0) is 12.1 Å². The van der Waals surface area contributed by atoms with Crippen molar-refractivity contribution >= 4 is 17.8 Å². The summed E-state index contributed by atoms with van der Waals surface area (Å²) in [6.45, 7) is 0. The lowest BCUT2D eigenvalue weighted by Crippen LogP contribution is -2.18. The molecule has 9 nitrogen and oxygen atoms in total. The summed E-state index contributed by atoms with van der Waals surface area (Å²) in [5.41, 5.74) is 2.27. The number of carbonyl (C=O) groups is 1. The fraction of sp³-hybridized carbons (Fsp3) is 0.125. The number of nitrogens with zero attached hydrogens (tertiary/aromatic N) is 2. The molecule has 0 saturated heterocycles. The number of hydrazone groups is 1. The number of phenols is 1. The predicted molar refractivity (Wildman–Crippen MR) is 89.4 cm³/mol. The Morgan fingerprint density at radius 1 is 1.24 bits per heavy atom. The Morgan fingerprint density at radius 3 is 2.56 bits per heavy atom. The van der Waals surface area contributed by atoms with Gasteiger partial charge in [0.05, 0.1) is 37.0 Å². The van der Waals surface area contributed by atoms with E-state index in [4.69, 9.17) is 9.47 Å². The maximum atomic E-state index is 12.1. The standard InChI is InChI=1S/C16H15N3O6/c1-24-13-6-4-3-5-12(13)16(21)18-17-9-10-7-11(19(22)23)8-14(25-2)15(10)20/h3-9,20H,1-2H3,(H,18,21)/b17-9-. The number of non-ortho nitro benzene ring substituents is 1. The molecule has 130 valence electrons. The fourth-order valence-electron chi connectivity index (χ4n) is 2.03. The van der Waals surface area contributed by atoms with Crippen molar-refractivity contribution < 1.29 is 24.3 Å². The molecular weight excluding hydrogens is 330 g/mol. The van der Waals surface area contributed by atoms with Gasteiger partial charge in [-0.1, -0.05) is 12.1 Å². The average molecular weight is 345 g/mol. The van der Waals surface area contributed by atoms with E-state index in [1.54, 1.807) is 24.3 Å². The van der Waals surface area contributed by atoms with Crippen molar-refractivity contribution in [2.45, 2.75) is 0 Å². The van der Waals surface area contributed by atoms with Crippen LogP contribution in [0.2, 0.25) is 0 Å². The van der Waals surface area contributed by atoms with Crippen LogP contribution in [-0.2, 0) is 0 Å². The minimum Gasteiger partial charge on any atom is -0.504 e. The molecule has 2 rings (SSSR count). The molecule has 0 aromatic heterocycles. The number of nitrogens with one attached hydrogen (secondary N) is 1. The molecule has 0 heterocycles. The van der Waals surface area contributed by atoms with Crippen LogP contribution in [0.1, 0.15) is 15.9 Å². The third kappa shape index (κ3) is 4.02. The summed E-state index contributed by atoms with van der Waals surface area (Å²) < 4.78 is 9.96. The van der Waals surface area contributed by atoms with Crippen LogP contribution < -0.4 is 14.9 Å². The molecule has 9 heteroatoms. The van der Waals surface area contributed by atoms with Gasteiger partial charge in [0.2, 0.25) is 0 Å². The second-order valence-corrected chi connectivity index (χ2v) is 4.74. The Balaban J connectivity index is 2.23. The number of benzene rings is 2. The van der Waals surface area contributed by atoms with E-state index in [9.17, 15) is 20.0 Å². The summed E-state index contributed by atoms with van der Waals surface area (Å²) in [6, 6.07) is 8.74. The monoisotopic (exact) mass is 345 g/mol. The van der Waals surface area contributed by atoms with Crippen molar-refractivity contribution in [1.82, 2.24) is 5.43 Å². The first-order valence-electron chi connectivity index (χ1n) is 6.99. The smallest absolute Gasteiger partial charge is 0.275 e. The van der Waals surface area contributed by atoms with E-state index in [-0.39, 0.29) is 28.3 Å². The van der Waals surface area contributed by atoms with Crippen molar-refractivity contribution in [3.05, 3.63) is 57.6 Å². The first-order valence-corrected chi connectivity index (χ1v) is 6.99. The summed E-state index contributed by atoms with van der Waals surface area (Å²) in [4.78, 5) is 22.4. The van der Waals surface area contributed by atoms with Gasteiger partial charge in [-0.15, -0.1) is 0 Å². The fourth-order valence-corrected chi connectivity index (χ4v) is 2.03. The van der Waals surface area contributed by atoms with Gasteiger partial charge in [-0.3, -0.25) is 14.9 Å². The van der Waals surface area contributed by atoms with Gasteiger partial charge >= 0.3 is 0 Å². The van der Waals surface area contributed by atoms with Crippen LogP contribution in [0.5, 0.6) is 17.2 Å². The summed E-state index contributed by atoms with van der Waals surface area (Å²) in [5, 5.41) is 24.6. The highest BCUT2D eigenvalue weighted by Gasteiger charge is 2.16. The Hall–Kier alpha value is -3.62. The Bertz CT molecular complexity index is 835. The number of ether oxygens (including phenoxy) is 2. The maximum Gasteiger partial charge on any atom is 0.275 e. The van der Waals surface area contributed by atoms with Crippen molar-refractivity contribution in [2.24, 2.45) is 5.10 Å². The van der Waals surface area contributed by atoms with E-state index in [2.05, 4.69) is 10.5 Å². The number of rotatable bonds is 6. The van der Waals surface area contributed by atoms with E-state index in [1.165, 1.54) is 14.2 Å². The van der Waals surface area contributed by atoms with Gasteiger partial charge in [-0.25, -0.2) is 5.43 Å². The topological polar surface area (TPSA) is 123 Å². The molecule has 25 heavy (non-hydrogen) atoms. The summed E-state index contributed by atoms with van der Waals surface area (Å²) >= 11 is 0. The van der Waals surface area contributed by atoms with Gasteiger partial charge in [0, 0.05) is 11.6 Å². The highest BCUT2D eigenvalue weighted by molar-refractivity contribution is 5.97. The number of nitro groups is 1. The van der Waals surface area contributed by atoms with Crippen LogP contribution >= 0.6 is 0 Å². The van der Waals surface area contributed by atoms with Crippen LogP contribution in [0.25, 0.3) is 0 Å². The van der Waals surface area contributed by atoms with Gasteiger partial charge in [0.25, 0.3) is 11.6 Å². The zero-order valence-electron chi connectivity index (χ0n) is 13.4. The van der Waals surface area contributed by atoms with Crippen LogP contribution in [0, 0.1) is 10.1 Å². The number of aromatic hydroxyl groups is 1. The molecule has 2 aromatic carbocycles. The maximum absolute atomic E-state index is 12.1. The first kappa shape index (κ1) is 17.7. The number of hydrogen-bond acceptors (Lipinski definition) is 7. The molecule has 2 N–H and O–H groups in total. The molecule has 0 saturated carbocycles. The quantitative estimate of drug-likeness (QED) is 0.469. The number of methoxy groups -OCH3 is 2. The van der Waals surface area contributed by atoms with Crippen molar-refractivity contribution in [2.75, 3.05) is 14.2 Å². The molecule has 0 atom stereocenters. The molecule has 0 radical (unpaired) electrons. The summed E-state index contributed by atoms with van der Waals surface area (Å²) in [6.07, 6.45) is 1.08. The van der Waals surface area contributed by atoms with Gasteiger partial charge in [0.1, 0.15) is 5.75 Å². The van der Waals surface area contributed by atoms with Crippen molar-refractivity contribution in [3.8, 4) is 17.2 Å². The summed E-state index contributed by atoms with van der Waals surface area (Å²) in [5.74, 6) is -0.573. The number of para-hydroxylation sites is 1. The molecule has 0 spiro atoms. The van der Waals surface area contributed by atoms with Crippen LogP contribution in [0.3, 0.4) is 0 Å². The molecule has 0 fully saturated rings. The average Bonchev–Trinajstić information content (AvgIpc) is 2.62. The summed E-state index contributed by atoms with van der Waals surface area (Å²) in [7, 11) is 2.70. The second kappa shape index (κ2) is 7.77. The molecule has 0 aliphatic carbocycles. The minimum atomic E-state index is -0.632. The Kier molecular flexibility index (Phi) is 5.51.